The molecular formula is C15H12N4O3. The number of nitrogens with zero attached hydrogens (tertiary/aromatic N) is 3. The molecule has 0 radical (unpaired) electrons. The Hall–Kier alpha value is -3.22. The molecule has 7 nitrogen and oxygen atoms in total. The van der Waals surface area contributed by atoms with Gasteiger partial charge in [0, 0.05) is 35.3 Å². The molecule has 0 fully saturated rings. The summed E-state index contributed by atoms with van der Waals surface area (Å²) in [6.07, 6.45) is 3.38. The first-order valence-electron chi connectivity index (χ1n) is 6.54. The number of carbonyl (C=O) groups is 1. The number of hydrogen-bond acceptors (Lipinski definition) is 4. The summed E-state index contributed by atoms with van der Waals surface area (Å²) in [4.78, 5) is 22.7. The van der Waals surface area contributed by atoms with Gasteiger partial charge < -0.3 is 5.32 Å². The molecule has 1 N–H and O–H groups in total. The highest BCUT2D eigenvalue weighted by atomic mass is 16.6. The van der Waals surface area contributed by atoms with E-state index in [1.807, 2.05) is 6.07 Å². The van der Waals surface area contributed by atoms with E-state index in [1.165, 1.54) is 6.07 Å². The van der Waals surface area contributed by atoms with Crippen LogP contribution in [0, 0.1) is 17.0 Å². The summed E-state index contributed by atoms with van der Waals surface area (Å²) in [5, 5.41) is 17.7. The molecule has 1 amide bonds. The van der Waals surface area contributed by atoms with Crippen LogP contribution in [0.1, 0.15) is 15.9 Å². The Morgan fingerprint density at radius 2 is 2.09 bits per heavy atom. The fourth-order valence-corrected chi connectivity index (χ4v) is 2.15. The van der Waals surface area contributed by atoms with E-state index in [4.69, 9.17) is 0 Å². The first kappa shape index (κ1) is 13.7. The fourth-order valence-electron chi connectivity index (χ4n) is 2.15. The molecular weight excluding hydrogens is 284 g/mol. The summed E-state index contributed by atoms with van der Waals surface area (Å²) in [6.45, 7) is 1.63. The van der Waals surface area contributed by atoms with Crippen LogP contribution < -0.4 is 5.32 Å². The Balaban J connectivity index is 1.87. The van der Waals surface area contributed by atoms with Crippen molar-refractivity contribution in [2.75, 3.05) is 5.32 Å². The van der Waals surface area contributed by atoms with E-state index in [1.54, 1.807) is 48.1 Å². The molecule has 3 aromatic rings. The van der Waals surface area contributed by atoms with Crippen molar-refractivity contribution in [1.82, 2.24) is 9.61 Å². The molecule has 0 bridgehead atoms. The van der Waals surface area contributed by atoms with Gasteiger partial charge in [-0.1, -0.05) is 6.07 Å². The van der Waals surface area contributed by atoms with Gasteiger partial charge in [-0.3, -0.25) is 14.9 Å². The lowest BCUT2D eigenvalue weighted by molar-refractivity contribution is -0.385. The maximum atomic E-state index is 12.2. The third-order valence-corrected chi connectivity index (χ3v) is 3.33. The van der Waals surface area contributed by atoms with Gasteiger partial charge in [0.15, 0.2) is 0 Å². The standard InChI is InChI=1S/C15H12N4O3/c1-10-2-3-11(8-14(10)19(21)22)15(20)17-12-5-7-18-13(9-12)4-6-16-18/h2-9H,1H3,(H,17,20). The highest BCUT2D eigenvalue weighted by Gasteiger charge is 2.15. The smallest absolute Gasteiger partial charge is 0.273 e. The molecule has 0 spiro atoms. The number of pyridine rings is 1. The molecule has 0 aliphatic rings. The Morgan fingerprint density at radius 3 is 2.86 bits per heavy atom. The second-order valence-electron chi connectivity index (χ2n) is 4.83. The monoisotopic (exact) mass is 296 g/mol. The van der Waals surface area contributed by atoms with Crippen molar-refractivity contribution in [2.24, 2.45) is 0 Å². The Labute approximate surface area is 125 Å². The van der Waals surface area contributed by atoms with E-state index in [0.717, 1.165) is 5.52 Å². The molecule has 0 atom stereocenters. The van der Waals surface area contributed by atoms with Crippen LogP contribution in [0.3, 0.4) is 0 Å². The van der Waals surface area contributed by atoms with Crippen LogP contribution in [0.2, 0.25) is 0 Å². The van der Waals surface area contributed by atoms with Gasteiger partial charge in [-0.05, 0) is 31.2 Å². The second-order valence-corrected chi connectivity index (χ2v) is 4.83. The number of carbonyl (C=O) groups excluding carboxylic acids is 1. The molecule has 2 aromatic heterocycles. The number of hydrogen-bond donors (Lipinski definition) is 1. The summed E-state index contributed by atoms with van der Waals surface area (Å²) in [5.41, 5.74) is 2.13. The molecule has 0 saturated heterocycles. The summed E-state index contributed by atoms with van der Waals surface area (Å²) in [6, 6.07) is 9.70. The summed E-state index contributed by atoms with van der Waals surface area (Å²) in [5.74, 6) is -0.396. The molecule has 0 aliphatic heterocycles. The van der Waals surface area contributed by atoms with Gasteiger partial charge in [0.25, 0.3) is 11.6 Å². The number of fused-ring (bicyclic) bond motifs is 1. The largest absolute Gasteiger partial charge is 0.322 e. The lowest BCUT2D eigenvalue weighted by Gasteiger charge is -2.06. The summed E-state index contributed by atoms with van der Waals surface area (Å²) >= 11 is 0. The van der Waals surface area contributed by atoms with Gasteiger partial charge >= 0.3 is 0 Å². The molecule has 0 aliphatic carbocycles. The zero-order chi connectivity index (χ0) is 15.7. The van der Waals surface area contributed by atoms with Crippen LogP contribution in [0.4, 0.5) is 11.4 Å². The van der Waals surface area contributed by atoms with E-state index in [2.05, 4.69) is 10.4 Å². The summed E-state index contributed by atoms with van der Waals surface area (Å²) < 4.78 is 1.67. The highest BCUT2D eigenvalue weighted by Crippen LogP contribution is 2.20. The molecule has 0 saturated carbocycles. The lowest BCUT2D eigenvalue weighted by Crippen LogP contribution is -2.12. The average molecular weight is 296 g/mol. The van der Waals surface area contributed by atoms with Gasteiger partial charge in [-0.2, -0.15) is 5.10 Å². The van der Waals surface area contributed by atoms with Crippen LogP contribution in [-0.2, 0) is 0 Å². The third-order valence-electron chi connectivity index (χ3n) is 3.33. The fraction of sp³-hybridized carbons (Fsp3) is 0.0667. The molecule has 7 heteroatoms. The number of nitro groups is 1. The molecule has 1 aromatic carbocycles. The van der Waals surface area contributed by atoms with E-state index < -0.39 is 10.8 Å². The minimum absolute atomic E-state index is 0.0705. The lowest BCUT2D eigenvalue weighted by atomic mass is 10.1. The Bertz CT molecular complexity index is 885. The normalized spacial score (nSPS) is 10.6. The van der Waals surface area contributed by atoms with Crippen molar-refractivity contribution >= 4 is 22.8 Å². The molecule has 3 rings (SSSR count). The number of nitro benzene ring substituents is 1. The van der Waals surface area contributed by atoms with Gasteiger partial charge in [0.1, 0.15) is 0 Å². The van der Waals surface area contributed by atoms with Crippen LogP contribution in [0.5, 0.6) is 0 Å². The number of anilines is 1. The number of aryl methyl sites for hydroxylation is 1. The van der Waals surface area contributed by atoms with Crippen molar-refractivity contribution in [2.45, 2.75) is 6.92 Å². The van der Waals surface area contributed by atoms with Crippen molar-refractivity contribution in [3.8, 4) is 0 Å². The van der Waals surface area contributed by atoms with Crippen LogP contribution >= 0.6 is 0 Å². The van der Waals surface area contributed by atoms with Crippen molar-refractivity contribution in [1.29, 1.82) is 0 Å². The maximum absolute atomic E-state index is 12.2. The predicted molar refractivity (Wildman–Crippen MR) is 81.0 cm³/mol. The molecule has 2 heterocycles. The van der Waals surface area contributed by atoms with Crippen LogP contribution in [0.25, 0.3) is 5.52 Å². The Kier molecular flexibility index (Phi) is 3.30. The quantitative estimate of drug-likeness (QED) is 0.594. The van der Waals surface area contributed by atoms with Gasteiger partial charge in [0.05, 0.1) is 10.4 Å². The molecule has 0 unspecified atom stereocenters. The van der Waals surface area contributed by atoms with Crippen molar-refractivity contribution in [3.63, 3.8) is 0 Å². The maximum Gasteiger partial charge on any atom is 0.273 e. The zero-order valence-corrected chi connectivity index (χ0v) is 11.7. The number of aromatic nitrogens is 2. The van der Waals surface area contributed by atoms with Crippen molar-refractivity contribution in [3.05, 3.63) is 70.0 Å². The van der Waals surface area contributed by atoms with E-state index >= 15 is 0 Å². The second kappa shape index (κ2) is 5.28. The molecule has 22 heavy (non-hydrogen) atoms. The first-order valence-corrected chi connectivity index (χ1v) is 6.54. The topological polar surface area (TPSA) is 89.5 Å². The summed E-state index contributed by atoms with van der Waals surface area (Å²) in [7, 11) is 0. The van der Waals surface area contributed by atoms with E-state index in [9.17, 15) is 14.9 Å². The number of benzene rings is 1. The van der Waals surface area contributed by atoms with Gasteiger partial charge in [-0.15, -0.1) is 0 Å². The zero-order valence-electron chi connectivity index (χ0n) is 11.7. The predicted octanol–water partition coefficient (Wildman–Crippen LogP) is 2.80. The van der Waals surface area contributed by atoms with Crippen molar-refractivity contribution < 1.29 is 9.72 Å². The van der Waals surface area contributed by atoms with Crippen LogP contribution in [0.15, 0.2) is 48.8 Å². The average Bonchev–Trinajstić information content (AvgIpc) is 2.94. The number of amides is 1. The highest BCUT2D eigenvalue weighted by molar-refractivity contribution is 6.04. The first-order chi connectivity index (χ1) is 10.5. The Morgan fingerprint density at radius 1 is 1.27 bits per heavy atom. The molecule has 110 valence electrons. The number of rotatable bonds is 3. The van der Waals surface area contributed by atoms with E-state index in [0.29, 0.717) is 11.3 Å². The minimum atomic E-state index is -0.496. The number of nitrogens with one attached hydrogen (secondary N) is 1. The minimum Gasteiger partial charge on any atom is -0.322 e. The SMILES string of the molecule is Cc1ccc(C(=O)Nc2ccn3nccc3c2)cc1[N+](=O)[O-]. The van der Waals surface area contributed by atoms with Gasteiger partial charge in [0.2, 0.25) is 0 Å². The van der Waals surface area contributed by atoms with E-state index in [-0.39, 0.29) is 11.3 Å². The van der Waals surface area contributed by atoms with Crippen LogP contribution in [-0.4, -0.2) is 20.4 Å². The third kappa shape index (κ3) is 2.51. The van der Waals surface area contributed by atoms with Gasteiger partial charge in [-0.25, -0.2) is 4.52 Å².